The predicted molar refractivity (Wildman–Crippen MR) is 72.9 cm³/mol. The van der Waals surface area contributed by atoms with Crippen molar-refractivity contribution in [2.45, 2.75) is 6.04 Å². The summed E-state index contributed by atoms with van der Waals surface area (Å²) in [7, 11) is 3.84. The number of furan rings is 1. The lowest BCUT2D eigenvalue weighted by Crippen LogP contribution is -2.35. The minimum absolute atomic E-state index is 0.0397. The Balaban J connectivity index is 1.99. The molecule has 6 nitrogen and oxygen atoms in total. The number of aromatic nitrogens is 1. The average Bonchev–Trinajstić information content (AvgIpc) is 2.93. The van der Waals surface area contributed by atoms with E-state index in [0.717, 1.165) is 5.76 Å². The Morgan fingerprint density at radius 3 is 2.65 bits per heavy atom. The first-order valence-electron chi connectivity index (χ1n) is 6.25. The fourth-order valence-electron chi connectivity index (χ4n) is 1.87. The Morgan fingerprint density at radius 1 is 1.40 bits per heavy atom. The maximum Gasteiger partial charge on any atom is 0.251 e. The summed E-state index contributed by atoms with van der Waals surface area (Å²) in [6.45, 7) is 0.422. The van der Waals surface area contributed by atoms with Gasteiger partial charge in [-0.3, -0.25) is 9.69 Å². The lowest BCUT2D eigenvalue weighted by Gasteiger charge is -2.22. The second-order valence-corrected chi connectivity index (χ2v) is 4.65. The summed E-state index contributed by atoms with van der Waals surface area (Å²) in [5, 5.41) is 13.8. The van der Waals surface area contributed by atoms with E-state index >= 15 is 0 Å². The quantitative estimate of drug-likeness (QED) is 0.651. The van der Waals surface area contributed by atoms with Crippen molar-refractivity contribution >= 4 is 5.91 Å². The van der Waals surface area contributed by atoms with Gasteiger partial charge in [-0.25, -0.2) is 0 Å². The molecule has 1 N–H and O–H groups in total. The zero-order valence-electron chi connectivity index (χ0n) is 11.4. The van der Waals surface area contributed by atoms with Crippen LogP contribution in [0, 0.1) is 5.21 Å². The van der Waals surface area contributed by atoms with Crippen LogP contribution in [-0.2, 0) is 0 Å². The minimum Gasteiger partial charge on any atom is -0.619 e. The van der Waals surface area contributed by atoms with Gasteiger partial charge in [0, 0.05) is 18.7 Å². The van der Waals surface area contributed by atoms with Crippen molar-refractivity contribution in [1.29, 1.82) is 0 Å². The topological polar surface area (TPSA) is 72.4 Å². The van der Waals surface area contributed by atoms with Gasteiger partial charge in [-0.1, -0.05) is 0 Å². The van der Waals surface area contributed by atoms with Crippen molar-refractivity contribution in [3.8, 4) is 0 Å². The Morgan fingerprint density at radius 2 is 2.10 bits per heavy atom. The molecule has 0 fully saturated rings. The van der Waals surface area contributed by atoms with E-state index in [2.05, 4.69) is 5.32 Å². The van der Waals surface area contributed by atoms with Gasteiger partial charge in [-0.05, 0) is 26.2 Å². The average molecular weight is 275 g/mol. The molecule has 0 aliphatic carbocycles. The molecule has 0 bridgehead atoms. The van der Waals surface area contributed by atoms with Crippen molar-refractivity contribution < 1.29 is 13.9 Å². The first-order chi connectivity index (χ1) is 9.58. The Kier molecular flexibility index (Phi) is 4.37. The van der Waals surface area contributed by atoms with E-state index in [-0.39, 0.29) is 11.9 Å². The second-order valence-electron chi connectivity index (χ2n) is 4.65. The maximum atomic E-state index is 12.0. The molecule has 1 amide bonds. The van der Waals surface area contributed by atoms with Gasteiger partial charge in [0.25, 0.3) is 5.91 Å². The van der Waals surface area contributed by atoms with E-state index in [1.54, 1.807) is 6.26 Å². The summed E-state index contributed by atoms with van der Waals surface area (Å²) in [4.78, 5) is 13.9. The van der Waals surface area contributed by atoms with E-state index in [4.69, 9.17) is 4.42 Å². The number of likely N-dealkylation sites (N-methyl/N-ethyl adjacent to an activating group) is 1. The fraction of sp³-hybridized carbons (Fsp3) is 0.286. The standard InChI is InChI=1S/C14H17N3O3/c1-16(2)12(13-4-3-9-20-13)10-15-14(18)11-5-7-17(19)8-6-11/h3-9,12H,10H2,1-2H3,(H,15,18). The molecular weight excluding hydrogens is 258 g/mol. The van der Waals surface area contributed by atoms with Crippen LogP contribution in [0.5, 0.6) is 0 Å². The van der Waals surface area contributed by atoms with E-state index in [1.807, 2.05) is 31.1 Å². The molecule has 1 unspecified atom stereocenters. The number of rotatable bonds is 5. The number of carbonyl (C=O) groups is 1. The van der Waals surface area contributed by atoms with E-state index in [1.165, 1.54) is 24.5 Å². The highest BCUT2D eigenvalue weighted by molar-refractivity contribution is 5.93. The van der Waals surface area contributed by atoms with Crippen molar-refractivity contribution in [2.24, 2.45) is 0 Å². The number of carbonyl (C=O) groups excluding carboxylic acids is 1. The van der Waals surface area contributed by atoms with Gasteiger partial charge in [0.2, 0.25) is 0 Å². The van der Waals surface area contributed by atoms with Gasteiger partial charge in [0.15, 0.2) is 12.4 Å². The van der Waals surface area contributed by atoms with E-state index < -0.39 is 0 Å². The summed E-state index contributed by atoms with van der Waals surface area (Å²) in [5.41, 5.74) is 0.453. The van der Waals surface area contributed by atoms with Crippen molar-refractivity contribution in [3.63, 3.8) is 0 Å². The largest absolute Gasteiger partial charge is 0.619 e. The molecule has 2 heterocycles. The zero-order chi connectivity index (χ0) is 14.5. The van der Waals surface area contributed by atoms with Gasteiger partial charge in [-0.15, -0.1) is 0 Å². The van der Waals surface area contributed by atoms with Gasteiger partial charge < -0.3 is 14.9 Å². The number of hydrogen-bond acceptors (Lipinski definition) is 4. The molecule has 1 atom stereocenters. The molecule has 2 rings (SSSR count). The van der Waals surface area contributed by atoms with Crippen LogP contribution in [0.3, 0.4) is 0 Å². The second kappa shape index (κ2) is 6.21. The highest BCUT2D eigenvalue weighted by atomic mass is 16.5. The van der Waals surface area contributed by atoms with Crippen LogP contribution in [0.4, 0.5) is 0 Å². The first kappa shape index (κ1) is 14.1. The molecule has 0 saturated heterocycles. The third kappa shape index (κ3) is 3.36. The summed E-state index contributed by atoms with van der Waals surface area (Å²) < 4.78 is 6.01. The molecule has 2 aromatic heterocycles. The van der Waals surface area contributed by atoms with Crippen LogP contribution < -0.4 is 10.0 Å². The van der Waals surface area contributed by atoms with Crippen LogP contribution in [0.2, 0.25) is 0 Å². The molecule has 6 heteroatoms. The van der Waals surface area contributed by atoms with Crippen LogP contribution in [0.25, 0.3) is 0 Å². The normalized spacial score (nSPS) is 12.3. The third-order valence-corrected chi connectivity index (χ3v) is 3.02. The fourth-order valence-corrected chi connectivity index (χ4v) is 1.87. The van der Waals surface area contributed by atoms with Gasteiger partial charge in [0.1, 0.15) is 5.76 Å². The summed E-state index contributed by atoms with van der Waals surface area (Å²) >= 11 is 0. The molecule has 106 valence electrons. The molecule has 0 saturated carbocycles. The summed E-state index contributed by atoms with van der Waals surface area (Å²) in [6.07, 6.45) is 4.20. The number of amides is 1. The molecule has 0 aliphatic heterocycles. The summed E-state index contributed by atoms with van der Waals surface area (Å²) in [6, 6.07) is 6.62. The zero-order valence-corrected chi connectivity index (χ0v) is 11.4. The van der Waals surface area contributed by atoms with Crippen LogP contribution >= 0.6 is 0 Å². The van der Waals surface area contributed by atoms with Crippen molar-refractivity contribution in [3.05, 3.63) is 59.5 Å². The van der Waals surface area contributed by atoms with Gasteiger partial charge in [-0.2, -0.15) is 4.73 Å². The highest BCUT2D eigenvalue weighted by Crippen LogP contribution is 2.17. The number of pyridine rings is 1. The highest BCUT2D eigenvalue weighted by Gasteiger charge is 2.18. The first-order valence-corrected chi connectivity index (χ1v) is 6.25. The molecular formula is C14H17N3O3. The van der Waals surface area contributed by atoms with Crippen LogP contribution in [-0.4, -0.2) is 31.4 Å². The Hall–Kier alpha value is -2.34. The lowest BCUT2D eigenvalue weighted by atomic mass is 10.2. The molecule has 0 aromatic carbocycles. The van der Waals surface area contributed by atoms with Crippen molar-refractivity contribution in [1.82, 2.24) is 10.2 Å². The molecule has 20 heavy (non-hydrogen) atoms. The molecule has 0 spiro atoms. The smallest absolute Gasteiger partial charge is 0.251 e. The number of nitrogens with one attached hydrogen (secondary N) is 1. The molecule has 2 aromatic rings. The van der Waals surface area contributed by atoms with Gasteiger partial charge >= 0.3 is 0 Å². The third-order valence-electron chi connectivity index (χ3n) is 3.02. The number of nitrogens with zero attached hydrogens (tertiary/aromatic N) is 2. The van der Waals surface area contributed by atoms with E-state index in [9.17, 15) is 10.0 Å². The monoisotopic (exact) mass is 275 g/mol. The van der Waals surface area contributed by atoms with Gasteiger partial charge in [0.05, 0.1) is 17.9 Å². The Bertz CT molecular complexity index is 550. The van der Waals surface area contributed by atoms with E-state index in [0.29, 0.717) is 16.8 Å². The maximum absolute atomic E-state index is 12.0. The minimum atomic E-state index is -0.219. The summed E-state index contributed by atoms with van der Waals surface area (Å²) in [5.74, 6) is 0.574. The molecule has 0 radical (unpaired) electrons. The SMILES string of the molecule is CN(C)C(CNC(=O)c1cc[n+]([O-])cc1)c1ccco1. The van der Waals surface area contributed by atoms with Crippen molar-refractivity contribution in [2.75, 3.05) is 20.6 Å². The predicted octanol–water partition coefficient (Wildman–Crippen LogP) is 0.946. The van der Waals surface area contributed by atoms with Crippen LogP contribution in [0.15, 0.2) is 47.3 Å². The molecule has 0 aliphatic rings. The number of hydrogen-bond donors (Lipinski definition) is 1. The lowest BCUT2D eigenvalue weighted by molar-refractivity contribution is -0.605. The van der Waals surface area contributed by atoms with Crippen LogP contribution in [0.1, 0.15) is 22.2 Å². The Labute approximate surface area is 117 Å².